The van der Waals surface area contributed by atoms with E-state index in [0.29, 0.717) is 5.02 Å². The Morgan fingerprint density at radius 3 is 2.65 bits per heavy atom. The fourth-order valence-corrected chi connectivity index (χ4v) is 2.87. The maximum atomic E-state index is 6.19. The zero-order chi connectivity index (χ0) is 12.6. The van der Waals surface area contributed by atoms with Gasteiger partial charge in [-0.15, -0.1) is 11.3 Å². The zero-order valence-corrected chi connectivity index (χ0v) is 12.7. The van der Waals surface area contributed by atoms with Crippen LogP contribution in [0.5, 0.6) is 0 Å². The van der Waals surface area contributed by atoms with Crippen LogP contribution in [-0.4, -0.2) is 4.98 Å². The second kappa shape index (κ2) is 5.06. The number of rotatable bonds is 2. The minimum atomic E-state index is -0.210. The molecule has 0 saturated heterocycles. The first-order valence-electron chi connectivity index (χ1n) is 5.13. The zero-order valence-electron chi connectivity index (χ0n) is 9.50. The van der Waals surface area contributed by atoms with Gasteiger partial charge >= 0.3 is 0 Å². The third-order valence-electron chi connectivity index (χ3n) is 2.61. The number of hydrogen-bond donors (Lipinski definition) is 1. The van der Waals surface area contributed by atoms with Gasteiger partial charge in [0, 0.05) is 9.35 Å². The second-order valence-corrected chi connectivity index (χ2v) is 6.34. The smallest absolute Gasteiger partial charge is 0.114 e. The van der Waals surface area contributed by atoms with E-state index in [4.69, 9.17) is 17.3 Å². The largest absolute Gasteiger partial charge is 0.318 e. The molecule has 2 rings (SSSR count). The van der Waals surface area contributed by atoms with E-state index in [0.717, 1.165) is 20.7 Å². The summed E-state index contributed by atoms with van der Waals surface area (Å²) in [4.78, 5) is 5.68. The molecule has 1 heterocycles. The van der Waals surface area contributed by atoms with E-state index < -0.39 is 0 Å². The van der Waals surface area contributed by atoms with Gasteiger partial charge in [-0.1, -0.05) is 17.7 Å². The topological polar surface area (TPSA) is 38.9 Å². The van der Waals surface area contributed by atoms with E-state index in [-0.39, 0.29) is 6.04 Å². The van der Waals surface area contributed by atoms with Gasteiger partial charge in [0.15, 0.2) is 0 Å². The molecule has 2 N–H and O–H groups in total. The van der Waals surface area contributed by atoms with Crippen molar-refractivity contribution >= 4 is 38.9 Å². The number of halogens is 2. The predicted molar refractivity (Wildman–Crippen MR) is 76.8 cm³/mol. The van der Waals surface area contributed by atoms with Gasteiger partial charge in [0.05, 0.1) is 16.8 Å². The van der Waals surface area contributed by atoms with Crippen LogP contribution in [0.1, 0.15) is 27.2 Å². The van der Waals surface area contributed by atoms with Crippen LogP contribution < -0.4 is 5.73 Å². The number of aryl methyl sites for hydroxylation is 2. The van der Waals surface area contributed by atoms with Crippen molar-refractivity contribution in [2.45, 2.75) is 19.9 Å². The highest BCUT2D eigenvalue weighted by Crippen LogP contribution is 2.30. The van der Waals surface area contributed by atoms with Crippen LogP contribution in [-0.2, 0) is 0 Å². The molecule has 0 fully saturated rings. The molecule has 17 heavy (non-hydrogen) atoms. The Bertz CT molecular complexity index is 534. The fraction of sp³-hybridized carbons (Fsp3) is 0.250. The van der Waals surface area contributed by atoms with Crippen molar-refractivity contribution in [3.8, 4) is 0 Å². The highest BCUT2D eigenvalue weighted by Gasteiger charge is 2.15. The summed E-state index contributed by atoms with van der Waals surface area (Å²) in [6, 6.07) is 5.54. The number of thiazole rings is 1. The summed E-state index contributed by atoms with van der Waals surface area (Å²) in [5.74, 6) is 0. The van der Waals surface area contributed by atoms with Gasteiger partial charge in [-0.05, 0) is 47.5 Å². The molecule has 0 aliphatic heterocycles. The molecule has 0 amide bonds. The normalized spacial score (nSPS) is 12.8. The summed E-state index contributed by atoms with van der Waals surface area (Å²) >= 11 is 11.1. The average Bonchev–Trinajstić information content (AvgIpc) is 2.62. The van der Waals surface area contributed by atoms with Crippen LogP contribution >= 0.6 is 38.9 Å². The van der Waals surface area contributed by atoms with Gasteiger partial charge in [0.2, 0.25) is 0 Å². The lowest BCUT2D eigenvalue weighted by Gasteiger charge is -2.09. The van der Waals surface area contributed by atoms with Crippen molar-refractivity contribution in [3.63, 3.8) is 0 Å². The summed E-state index contributed by atoms with van der Waals surface area (Å²) < 4.78 is 0.876. The Kier molecular flexibility index (Phi) is 3.88. The highest BCUT2D eigenvalue weighted by molar-refractivity contribution is 9.10. The lowest BCUT2D eigenvalue weighted by Crippen LogP contribution is -2.11. The lowest BCUT2D eigenvalue weighted by atomic mass is 10.1. The van der Waals surface area contributed by atoms with Crippen molar-refractivity contribution in [2.24, 2.45) is 5.73 Å². The molecule has 0 spiro atoms. The Balaban J connectivity index is 2.36. The van der Waals surface area contributed by atoms with Crippen LogP contribution in [0.25, 0.3) is 0 Å². The predicted octanol–water partition coefficient (Wildman–Crippen LogP) is 4.22. The quantitative estimate of drug-likeness (QED) is 0.894. The SMILES string of the molecule is Cc1nc(C(N)c2ccc(Br)c(Cl)c2)sc1C. The van der Waals surface area contributed by atoms with Gasteiger partial charge in [0.1, 0.15) is 5.01 Å². The average molecular weight is 332 g/mol. The monoisotopic (exact) mass is 330 g/mol. The number of nitrogens with two attached hydrogens (primary N) is 1. The van der Waals surface area contributed by atoms with Crippen LogP contribution in [0, 0.1) is 13.8 Å². The Morgan fingerprint density at radius 2 is 2.12 bits per heavy atom. The lowest BCUT2D eigenvalue weighted by molar-refractivity contribution is 0.852. The molecule has 1 aromatic heterocycles. The highest BCUT2D eigenvalue weighted by atomic mass is 79.9. The van der Waals surface area contributed by atoms with E-state index in [1.165, 1.54) is 4.88 Å². The molecular weight excluding hydrogens is 320 g/mol. The number of hydrogen-bond acceptors (Lipinski definition) is 3. The van der Waals surface area contributed by atoms with Gasteiger partial charge in [0.25, 0.3) is 0 Å². The Labute approximate surface area is 118 Å². The van der Waals surface area contributed by atoms with Gasteiger partial charge in [-0.3, -0.25) is 0 Å². The third-order valence-corrected chi connectivity index (χ3v) is 5.00. The molecule has 0 aliphatic rings. The molecule has 1 atom stereocenters. The Morgan fingerprint density at radius 1 is 1.41 bits per heavy atom. The molecule has 2 nitrogen and oxygen atoms in total. The van der Waals surface area contributed by atoms with Crippen LogP contribution in [0.4, 0.5) is 0 Å². The number of benzene rings is 1. The molecular formula is C12H12BrClN2S. The summed E-state index contributed by atoms with van der Waals surface area (Å²) in [7, 11) is 0. The summed E-state index contributed by atoms with van der Waals surface area (Å²) in [5.41, 5.74) is 8.22. The van der Waals surface area contributed by atoms with Crippen LogP contribution in [0.15, 0.2) is 22.7 Å². The van der Waals surface area contributed by atoms with Crippen LogP contribution in [0.3, 0.4) is 0 Å². The summed E-state index contributed by atoms with van der Waals surface area (Å²) in [5, 5.41) is 1.60. The van der Waals surface area contributed by atoms with Crippen molar-refractivity contribution < 1.29 is 0 Å². The van der Waals surface area contributed by atoms with E-state index in [2.05, 4.69) is 27.8 Å². The molecule has 2 aromatic rings. The Hall–Kier alpha value is -0.420. The van der Waals surface area contributed by atoms with Crippen molar-refractivity contribution in [1.29, 1.82) is 0 Å². The minimum absolute atomic E-state index is 0.210. The van der Waals surface area contributed by atoms with Crippen molar-refractivity contribution in [2.75, 3.05) is 0 Å². The van der Waals surface area contributed by atoms with Crippen LogP contribution in [0.2, 0.25) is 5.02 Å². The van der Waals surface area contributed by atoms with Crippen molar-refractivity contribution in [1.82, 2.24) is 4.98 Å². The van der Waals surface area contributed by atoms with Crippen molar-refractivity contribution in [3.05, 3.63) is 48.8 Å². The maximum Gasteiger partial charge on any atom is 0.114 e. The standard InChI is InChI=1S/C12H12BrClN2S/c1-6-7(2)17-12(16-6)11(15)8-3-4-9(13)10(14)5-8/h3-5,11H,15H2,1-2H3. The first kappa shape index (κ1) is 13.0. The minimum Gasteiger partial charge on any atom is -0.318 e. The molecule has 0 bridgehead atoms. The fourth-order valence-electron chi connectivity index (χ4n) is 1.48. The first-order valence-corrected chi connectivity index (χ1v) is 7.12. The molecule has 1 unspecified atom stereocenters. The molecule has 0 radical (unpaired) electrons. The molecule has 5 heteroatoms. The van der Waals surface area contributed by atoms with E-state index in [1.54, 1.807) is 11.3 Å². The third kappa shape index (κ3) is 2.71. The van der Waals surface area contributed by atoms with Gasteiger partial charge in [-0.2, -0.15) is 0 Å². The molecule has 90 valence electrons. The molecule has 1 aromatic carbocycles. The molecule has 0 aliphatic carbocycles. The van der Waals surface area contributed by atoms with E-state index in [9.17, 15) is 0 Å². The number of nitrogens with zero attached hydrogens (tertiary/aromatic N) is 1. The van der Waals surface area contributed by atoms with Gasteiger partial charge < -0.3 is 5.73 Å². The van der Waals surface area contributed by atoms with Gasteiger partial charge in [-0.25, -0.2) is 4.98 Å². The maximum absolute atomic E-state index is 6.19. The van der Waals surface area contributed by atoms with E-state index in [1.807, 2.05) is 25.1 Å². The molecule has 0 saturated carbocycles. The van der Waals surface area contributed by atoms with E-state index >= 15 is 0 Å². The first-order chi connectivity index (χ1) is 7.99. The second-order valence-electron chi connectivity index (χ2n) is 3.84. The summed E-state index contributed by atoms with van der Waals surface area (Å²) in [6.07, 6.45) is 0. The number of aromatic nitrogens is 1. The summed E-state index contributed by atoms with van der Waals surface area (Å²) in [6.45, 7) is 4.05.